The van der Waals surface area contributed by atoms with Gasteiger partial charge in [-0.15, -0.1) is 0 Å². The summed E-state index contributed by atoms with van der Waals surface area (Å²) in [6.45, 7) is 1.53. The number of likely N-dealkylation sites (tertiary alicyclic amines) is 1. The van der Waals surface area contributed by atoms with Crippen molar-refractivity contribution in [1.29, 1.82) is 0 Å². The Bertz CT molecular complexity index is 314. The van der Waals surface area contributed by atoms with Crippen LogP contribution in [-0.2, 0) is 4.79 Å². The van der Waals surface area contributed by atoms with Gasteiger partial charge in [-0.25, -0.2) is 0 Å². The van der Waals surface area contributed by atoms with Gasteiger partial charge in [0.1, 0.15) is 0 Å². The van der Waals surface area contributed by atoms with Crippen molar-refractivity contribution in [2.24, 2.45) is 5.92 Å². The highest BCUT2D eigenvalue weighted by molar-refractivity contribution is 5.78. The molecule has 2 aliphatic rings. The molecule has 0 radical (unpaired) electrons. The highest BCUT2D eigenvalue weighted by atomic mass is 19.4. The van der Waals surface area contributed by atoms with Crippen molar-refractivity contribution in [2.75, 3.05) is 19.6 Å². The minimum Gasteiger partial charge on any atom is -0.342 e. The van der Waals surface area contributed by atoms with Crippen LogP contribution >= 0.6 is 0 Å². The minimum atomic E-state index is -4.16. The molecule has 0 aromatic heterocycles. The van der Waals surface area contributed by atoms with Gasteiger partial charge in [-0.3, -0.25) is 4.79 Å². The molecule has 6 heteroatoms. The third-order valence-corrected chi connectivity index (χ3v) is 4.16. The second kappa shape index (κ2) is 6.11. The van der Waals surface area contributed by atoms with E-state index in [1.807, 2.05) is 0 Å². The van der Waals surface area contributed by atoms with Gasteiger partial charge in [0.25, 0.3) is 0 Å². The standard InChI is InChI=1S/C13H21F3N2O/c14-13(15,16)10-5-1-2-6-11(10)17-9-12(19)18-7-3-4-8-18/h10-11,17H,1-9H2. The molecule has 2 unspecified atom stereocenters. The summed E-state index contributed by atoms with van der Waals surface area (Å²) in [4.78, 5) is 13.6. The van der Waals surface area contributed by atoms with Gasteiger partial charge in [0.2, 0.25) is 5.91 Å². The van der Waals surface area contributed by atoms with Crippen LogP contribution in [0.4, 0.5) is 13.2 Å². The Balaban J connectivity index is 1.84. The molecule has 1 aliphatic carbocycles. The molecule has 1 saturated heterocycles. The number of hydrogen-bond acceptors (Lipinski definition) is 2. The molecule has 3 nitrogen and oxygen atoms in total. The lowest BCUT2D eigenvalue weighted by Gasteiger charge is -2.33. The lowest BCUT2D eigenvalue weighted by atomic mass is 9.84. The van der Waals surface area contributed by atoms with Crippen LogP contribution in [0.15, 0.2) is 0 Å². The summed E-state index contributed by atoms with van der Waals surface area (Å²) in [5.41, 5.74) is 0. The Morgan fingerprint density at radius 2 is 1.74 bits per heavy atom. The first-order valence-electron chi connectivity index (χ1n) is 7.06. The van der Waals surface area contributed by atoms with Crippen LogP contribution in [0.5, 0.6) is 0 Å². The fourth-order valence-corrected chi connectivity index (χ4v) is 3.06. The molecule has 1 amide bonds. The van der Waals surface area contributed by atoms with Crippen molar-refractivity contribution in [2.45, 2.75) is 50.7 Å². The summed E-state index contributed by atoms with van der Waals surface area (Å²) in [6.07, 6.45) is -0.0312. The summed E-state index contributed by atoms with van der Waals surface area (Å²) in [5.74, 6) is -1.36. The fourth-order valence-electron chi connectivity index (χ4n) is 3.06. The first kappa shape index (κ1) is 14.6. The zero-order valence-electron chi connectivity index (χ0n) is 11.0. The highest BCUT2D eigenvalue weighted by Crippen LogP contribution is 2.37. The topological polar surface area (TPSA) is 32.3 Å². The van der Waals surface area contributed by atoms with E-state index in [0.717, 1.165) is 32.4 Å². The molecule has 2 atom stereocenters. The molecule has 1 aliphatic heterocycles. The van der Waals surface area contributed by atoms with Crippen LogP contribution < -0.4 is 5.32 Å². The number of alkyl halides is 3. The molecular formula is C13H21F3N2O. The fraction of sp³-hybridized carbons (Fsp3) is 0.923. The third kappa shape index (κ3) is 3.84. The van der Waals surface area contributed by atoms with E-state index < -0.39 is 18.1 Å². The summed E-state index contributed by atoms with van der Waals surface area (Å²) in [5, 5.41) is 2.84. The van der Waals surface area contributed by atoms with E-state index in [4.69, 9.17) is 0 Å². The summed E-state index contributed by atoms with van der Waals surface area (Å²) < 4.78 is 38.6. The van der Waals surface area contributed by atoms with Crippen LogP contribution in [0.2, 0.25) is 0 Å². The van der Waals surface area contributed by atoms with Gasteiger partial charge in [0, 0.05) is 19.1 Å². The van der Waals surface area contributed by atoms with Crippen LogP contribution in [0, 0.1) is 5.92 Å². The Hall–Kier alpha value is -0.780. The smallest absolute Gasteiger partial charge is 0.342 e. The molecule has 0 bridgehead atoms. The normalized spacial score (nSPS) is 28.7. The first-order chi connectivity index (χ1) is 8.98. The van der Waals surface area contributed by atoms with Crippen LogP contribution in [0.25, 0.3) is 0 Å². The van der Waals surface area contributed by atoms with Gasteiger partial charge in [-0.2, -0.15) is 13.2 Å². The maximum Gasteiger partial charge on any atom is 0.393 e. The van der Waals surface area contributed by atoms with E-state index in [-0.39, 0.29) is 18.9 Å². The van der Waals surface area contributed by atoms with Crippen molar-refractivity contribution in [1.82, 2.24) is 10.2 Å². The molecule has 0 aromatic carbocycles. The lowest BCUT2D eigenvalue weighted by Crippen LogP contribution is -2.48. The SMILES string of the molecule is O=C(CNC1CCCCC1C(F)(F)F)N1CCCC1. The van der Waals surface area contributed by atoms with Crippen molar-refractivity contribution in [3.8, 4) is 0 Å². The average Bonchev–Trinajstić information content (AvgIpc) is 2.89. The minimum absolute atomic E-state index is 0.0389. The lowest BCUT2D eigenvalue weighted by molar-refractivity contribution is -0.189. The van der Waals surface area contributed by atoms with Gasteiger partial charge < -0.3 is 10.2 Å². The van der Waals surface area contributed by atoms with E-state index in [0.29, 0.717) is 12.8 Å². The molecule has 1 saturated carbocycles. The summed E-state index contributed by atoms with van der Waals surface area (Å²) in [6, 6.07) is -0.597. The largest absolute Gasteiger partial charge is 0.393 e. The van der Waals surface area contributed by atoms with Crippen molar-refractivity contribution in [3.63, 3.8) is 0 Å². The molecule has 110 valence electrons. The molecule has 19 heavy (non-hydrogen) atoms. The van der Waals surface area contributed by atoms with Crippen LogP contribution in [0.1, 0.15) is 38.5 Å². The number of halogens is 3. The Labute approximate surface area is 111 Å². The highest BCUT2D eigenvalue weighted by Gasteiger charge is 2.45. The second-order valence-electron chi connectivity index (χ2n) is 5.51. The zero-order chi connectivity index (χ0) is 13.9. The zero-order valence-corrected chi connectivity index (χ0v) is 11.0. The number of nitrogens with one attached hydrogen (secondary N) is 1. The van der Waals surface area contributed by atoms with Crippen LogP contribution in [0.3, 0.4) is 0 Å². The number of amides is 1. The van der Waals surface area contributed by atoms with Gasteiger partial charge >= 0.3 is 6.18 Å². The first-order valence-corrected chi connectivity index (χ1v) is 7.06. The second-order valence-corrected chi connectivity index (χ2v) is 5.51. The van der Waals surface area contributed by atoms with Crippen molar-refractivity contribution >= 4 is 5.91 Å². The van der Waals surface area contributed by atoms with Crippen molar-refractivity contribution < 1.29 is 18.0 Å². The third-order valence-electron chi connectivity index (χ3n) is 4.16. The summed E-state index contributed by atoms with van der Waals surface area (Å²) >= 11 is 0. The number of hydrogen-bond donors (Lipinski definition) is 1. The van der Waals surface area contributed by atoms with E-state index in [2.05, 4.69) is 5.32 Å². The summed E-state index contributed by atoms with van der Waals surface area (Å²) in [7, 11) is 0. The van der Waals surface area contributed by atoms with Crippen molar-refractivity contribution in [3.05, 3.63) is 0 Å². The predicted octanol–water partition coefficient (Wildman–Crippen LogP) is 2.32. The number of rotatable bonds is 3. The molecule has 0 aromatic rings. The van der Waals surface area contributed by atoms with Gasteiger partial charge in [-0.05, 0) is 25.7 Å². The molecular weight excluding hydrogens is 257 g/mol. The number of carbonyl (C=O) groups excluding carboxylic acids is 1. The van der Waals surface area contributed by atoms with E-state index in [1.165, 1.54) is 0 Å². The van der Waals surface area contributed by atoms with Crippen LogP contribution in [-0.4, -0.2) is 42.7 Å². The number of carbonyl (C=O) groups is 1. The maximum atomic E-state index is 12.9. The molecule has 0 spiro atoms. The molecule has 1 heterocycles. The van der Waals surface area contributed by atoms with Gasteiger partial charge in [0.15, 0.2) is 0 Å². The van der Waals surface area contributed by atoms with E-state index in [9.17, 15) is 18.0 Å². The molecule has 2 fully saturated rings. The van der Waals surface area contributed by atoms with Gasteiger partial charge in [0.05, 0.1) is 12.5 Å². The maximum absolute atomic E-state index is 12.9. The van der Waals surface area contributed by atoms with Gasteiger partial charge in [-0.1, -0.05) is 12.8 Å². The Morgan fingerprint density at radius 3 is 2.37 bits per heavy atom. The quantitative estimate of drug-likeness (QED) is 0.859. The Morgan fingerprint density at radius 1 is 1.11 bits per heavy atom. The monoisotopic (exact) mass is 278 g/mol. The molecule has 2 rings (SSSR count). The number of nitrogens with zero attached hydrogens (tertiary/aromatic N) is 1. The van der Waals surface area contributed by atoms with E-state index >= 15 is 0 Å². The molecule has 1 N–H and O–H groups in total. The predicted molar refractivity (Wildman–Crippen MR) is 65.6 cm³/mol. The van der Waals surface area contributed by atoms with E-state index in [1.54, 1.807) is 4.90 Å². The average molecular weight is 278 g/mol. The Kier molecular flexibility index (Phi) is 4.71.